The molecular formula is C18H32Cl2N2. The lowest BCUT2D eigenvalue weighted by molar-refractivity contribution is 0.162. The molecule has 0 spiro atoms. The van der Waals surface area contributed by atoms with Gasteiger partial charge in [0.2, 0.25) is 0 Å². The molecule has 0 radical (unpaired) electrons. The lowest BCUT2D eigenvalue weighted by Gasteiger charge is -2.37. The van der Waals surface area contributed by atoms with Crippen LogP contribution in [0.4, 0.5) is 0 Å². The normalized spacial score (nSPS) is 16.5. The van der Waals surface area contributed by atoms with Gasteiger partial charge in [0.25, 0.3) is 0 Å². The van der Waals surface area contributed by atoms with Crippen molar-refractivity contribution in [2.75, 3.05) is 26.2 Å². The third-order valence-electron chi connectivity index (χ3n) is 4.55. The molecule has 1 aliphatic rings. The Balaban J connectivity index is 0.00000220. The average Bonchev–Trinajstić information content (AvgIpc) is 2.46. The van der Waals surface area contributed by atoms with Gasteiger partial charge in [-0.3, -0.25) is 4.90 Å². The van der Waals surface area contributed by atoms with Gasteiger partial charge in [-0.2, -0.15) is 0 Å². The van der Waals surface area contributed by atoms with Crippen LogP contribution in [0.3, 0.4) is 0 Å². The predicted molar refractivity (Wildman–Crippen MR) is 102 cm³/mol. The highest BCUT2D eigenvalue weighted by molar-refractivity contribution is 5.85. The van der Waals surface area contributed by atoms with Crippen molar-refractivity contribution in [1.82, 2.24) is 10.2 Å². The van der Waals surface area contributed by atoms with Crippen LogP contribution in [0, 0.1) is 13.8 Å². The van der Waals surface area contributed by atoms with Crippen molar-refractivity contribution in [3.63, 3.8) is 0 Å². The molecule has 1 saturated heterocycles. The van der Waals surface area contributed by atoms with Crippen molar-refractivity contribution in [3.8, 4) is 0 Å². The van der Waals surface area contributed by atoms with Gasteiger partial charge in [-0.1, -0.05) is 44.4 Å². The van der Waals surface area contributed by atoms with Gasteiger partial charge in [0.1, 0.15) is 0 Å². The average molecular weight is 347 g/mol. The van der Waals surface area contributed by atoms with Gasteiger partial charge in [-0.15, -0.1) is 24.8 Å². The van der Waals surface area contributed by atoms with Crippen molar-refractivity contribution in [1.29, 1.82) is 0 Å². The fraction of sp³-hybridized carbons (Fsp3) is 0.667. The number of nitrogens with zero attached hydrogens (tertiary/aromatic N) is 1. The van der Waals surface area contributed by atoms with E-state index in [4.69, 9.17) is 0 Å². The SMILES string of the molecule is CCCCC[C@H](c1c(C)cccc1C)N1CCNCC1.Cl.Cl. The maximum atomic E-state index is 3.48. The lowest BCUT2D eigenvalue weighted by atomic mass is 9.91. The maximum absolute atomic E-state index is 3.48. The summed E-state index contributed by atoms with van der Waals surface area (Å²) in [6, 6.07) is 7.36. The molecule has 1 aliphatic heterocycles. The molecule has 0 bridgehead atoms. The third-order valence-corrected chi connectivity index (χ3v) is 4.55. The fourth-order valence-electron chi connectivity index (χ4n) is 3.44. The highest BCUT2D eigenvalue weighted by Crippen LogP contribution is 2.31. The zero-order valence-electron chi connectivity index (χ0n) is 14.2. The summed E-state index contributed by atoms with van der Waals surface area (Å²) in [6.07, 6.45) is 5.31. The first-order valence-corrected chi connectivity index (χ1v) is 8.25. The van der Waals surface area contributed by atoms with E-state index in [9.17, 15) is 0 Å². The van der Waals surface area contributed by atoms with Crippen LogP contribution in [-0.4, -0.2) is 31.1 Å². The molecule has 22 heavy (non-hydrogen) atoms. The first-order chi connectivity index (χ1) is 9.74. The van der Waals surface area contributed by atoms with Crippen LogP contribution in [0.25, 0.3) is 0 Å². The second-order valence-corrected chi connectivity index (χ2v) is 6.10. The number of unbranched alkanes of at least 4 members (excludes halogenated alkanes) is 2. The Kier molecular flexibility index (Phi) is 11.1. The van der Waals surface area contributed by atoms with Gasteiger partial charge >= 0.3 is 0 Å². The minimum absolute atomic E-state index is 0. The first kappa shape index (κ1) is 21.7. The molecule has 128 valence electrons. The minimum Gasteiger partial charge on any atom is -0.314 e. The number of hydrogen-bond donors (Lipinski definition) is 1. The zero-order valence-corrected chi connectivity index (χ0v) is 15.9. The monoisotopic (exact) mass is 346 g/mol. The van der Waals surface area contributed by atoms with Crippen LogP contribution in [0.2, 0.25) is 0 Å². The van der Waals surface area contributed by atoms with E-state index >= 15 is 0 Å². The largest absolute Gasteiger partial charge is 0.314 e. The molecule has 0 aromatic heterocycles. The van der Waals surface area contributed by atoms with Crippen molar-refractivity contribution >= 4 is 24.8 Å². The molecule has 0 amide bonds. The van der Waals surface area contributed by atoms with Gasteiger partial charge < -0.3 is 5.32 Å². The summed E-state index contributed by atoms with van der Waals surface area (Å²) < 4.78 is 0. The van der Waals surface area contributed by atoms with E-state index in [1.54, 1.807) is 5.56 Å². The van der Waals surface area contributed by atoms with Crippen molar-refractivity contribution in [2.45, 2.75) is 52.5 Å². The second-order valence-electron chi connectivity index (χ2n) is 6.10. The fourth-order valence-corrected chi connectivity index (χ4v) is 3.44. The van der Waals surface area contributed by atoms with Crippen LogP contribution >= 0.6 is 24.8 Å². The smallest absolute Gasteiger partial charge is 0.0354 e. The summed E-state index contributed by atoms with van der Waals surface area (Å²) in [4.78, 5) is 2.70. The molecular weight excluding hydrogens is 315 g/mol. The van der Waals surface area contributed by atoms with Crippen molar-refractivity contribution < 1.29 is 0 Å². The number of hydrogen-bond acceptors (Lipinski definition) is 2. The van der Waals surface area contributed by atoms with Gasteiger partial charge in [-0.05, 0) is 37.0 Å². The lowest BCUT2D eigenvalue weighted by Crippen LogP contribution is -2.45. The molecule has 2 nitrogen and oxygen atoms in total. The Labute approximate surface area is 148 Å². The molecule has 1 aromatic rings. The molecule has 0 saturated carbocycles. The van der Waals surface area contributed by atoms with Gasteiger partial charge in [-0.25, -0.2) is 0 Å². The van der Waals surface area contributed by atoms with Crippen LogP contribution in [0.1, 0.15) is 55.3 Å². The third kappa shape index (κ3) is 5.73. The number of halogens is 2. The molecule has 0 unspecified atom stereocenters. The minimum atomic E-state index is 0. The molecule has 1 atom stereocenters. The van der Waals surface area contributed by atoms with Crippen LogP contribution in [0.5, 0.6) is 0 Å². The summed E-state index contributed by atoms with van der Waals surface area (Å²) in [7, 11) is 0. The van der Waals surface area contributed by atoms with Crippen LogP contribution < -0.4 is 5.32 Å². The number of benzene rings is 1. The van der Waals surface area contributed by atoms with Gasteiger partial charge in [0.15, 0.2) is 0 Å². The Morgan fingerprint density at radius 3 is 2.18 bits per heavy atom. The second kappa shape index (κ2) is 11.3. The summed E-state index contributed by atoms with van der Waals surface area (Å²) in [5.74, 6) is 0. The number of rotatable bonds is 6. The maximum Gasteiger partial charge on any atom is 0.0354 e. The topological polar surface area (TPSA) is 15.3 Å². The quantitative estimate of drug-likeness (QED) is 0.752. The predicted octanol–water partition coefficient (Wildman–Crippen LogP) is 4.67. The Morgan fingerprint density at radius 1 is 1.05 bits per heavy atom. The molecule has 2 rings (SSSR count). The Bertz CT molecular complexity index is 397. The highest BCUT2D eigenvalue weighted by atomic mass is 35.5. The molecule has 0 aliphatic carbocycles. The van der Waals surface area contributed by atoms with E-state index < -0.39 is 0 Å². The molecule has 1 fully saturated rings. The van der Waals surface area contributed by atoms with E-state index in [0.717, 1.165) is 13.1 Å². The van der Waals surface area contributed by atoms with E-state index in [1.165, 1.54) is 49.9 Å². The Hall–Kier alpha value is -0.280. The highest BCUT2D eigenvalue weighted by Gasteiger charge is 2.24. The van der Waals surface area contributed by atoms with E-state index in [0.29, 0.717) is 6.04 Å². The number of aryl methyl sites for hydroxylation is 2. The summed E-state index contributed by atoms with van der Waals surface area (Å²) in [5, 5.41) is 3.48. The van der Waals surface area contributed by atoms with Crippen molar-refractivity contribution in [3.05, 3.63) is 34.9 Å². The molecule has 1 aromatic carbocycles. The first-order valence-electron chi connectivity index (χ1n) is 8.25. The molecule has 1 N–H and O–H groups in total. The van der Waals surface area contributed by atoms with E-state index in [1.807, 2.05) is 0 Å². The number of nitrogens with one attached hydrogen (secondary N) is 1. The Morgan fingerprint density at radius 2 is 1.64 bits per heavy atom. The summed E-state index contributed by atoms with van der Waals surface area (Å²) in [5.41, 5.74) is 4.51. The summed E-state index contributed by atoms with van der Waals surface area (Å²) >= 11 is 0. The van der Waals surface area contributed by atoms with Gasteiger partial charge in [0.05, 0.1) is 0 Å². The molecule has 1 heterocycles. The van der Waals surface area contributed by atoms with Crippen LogP contribution in [0.15, 0.2) is 18.2 Å². The standard InChI is InChI=1S/C18H30N2.2ClH/c1-4-5-6-10-17(20-13-11-19-12-14-20)18-15(2)8-7-9-16(18)3;;/h7-9,17,19H,4-6,10-14H2,1-3H3;2*1H/t17-;;/m1../s1. The van der Waals surface area contributed by atoms with E-state index in [2.05, 4.69) is 49.2 Å². The number of piperazine rings is 1. The van der Waals surface area contributed by atoms with Crippen molar-refractivity contribution in [2.24, 2.45) is 0 Å². The van der Waals surface area contributed by atoms with Crippen LogP contribution in [-0.2, 0) is 0 Å². The van der Waals surface area contributed by atoms with E-state index in [-0.39, 0.29) is 24.8 Å². The summed E-state index contributed by atoms with van der Waals surface area (Å²) in [6.45, 7) is 11.5. The molecule has 4 heteroatoms. The van der Waals surface area contributed by atoms with Gasteiger partial charge in [0, 0.05) is 32.2 Å². The zero-order chi connectivity index (χ0) is 14.4.